The summed E-state index contributed by atoms with van der Waals surface area (Å²) in [4.78, 5) is 14.4. The third-order valence-corrected chi connectivity index (χ3v) is 3.76. The van der Waals surface area contributed by atoms with Crippen LogP contribution in [0.25, 0.3) is 0 Å². The van der Waals surface area contributed by atoms with Crippen LogP contribution in [0, 0.1) is 11.8 Å². The summed E-state index contributed by atoms with van der Waals surface area (Å²) >= 11 is 0. The average molecular weight is 256 g/mol. The Morgan fingerprint density at radius 3 is 2.39 bits per heavy atom. The Morgan fingerprint density at radius 1 is 1.39 bits per heavy atom. The van der Waals surface area contributed by atoms with Crippen LogP contribution in [-0.2, 0) is 9.53 Å². The van der Waals surface area contributed by atoms with Crippen molar-refractivity contribution >= 4 is 5.97 Å². The molecule has 4 nitrogen and oxygen atoms in total. The molecule has 1 aliphatic heterocycles. The molecule has 0 aromatic rings. The predicted octanol–water partition coefficient (Wildman–Crippen LogP) is 1.51. The zero-order chi connectivity index (χ0) is 13.8. The van der Waals surface area contributed by atoms with E-state index in [1.807, 2.05) is 20.9 Å². The standard InChI is InChI=1S/C14H28N2O2/c1-6-18-13(17)14(4,15-5)10-16-8-11(2)7-12(3)9-16/h11-12,15H,6-10H2,1-5H3. The minimum atomic E-state index is -0.604. The van der Waals surface area contributed by atoms with Crippen LogP contribution < -0.4 is 5.32 Å². The Labute approximate surface area is 111 Å². The van der Waals surface area contributed by atoms with E-state index >= 15 is 0 Å². The van der Waals surface area contributed by atoms with Gasteiger partial charge in [0.15, 0.2) is 0 Å². The number of ether oxygens (including phenoxy) is 1. The maximum Gasteiger partial charge on any atom is 0.327 e. The second-order valence-corrected chi connectivity index (χ2v) is 5.94. The van der Waals surface area contributed by atoms with Gasteiger partial charge in [0.05, 0.1) is 6.61 Å². The Bertz CT molecular complexity index is 273. The minimum Gasteiger partial charge on any atom is -0.465 e. The first-order valence-electron chi connectivity index (χ1n) is 6.99. The fourth-order valence-corrected chi connectivity index (χ4v) is 2.90. The van der Waals surface area contributed by atoms with Gasteiger partial charge in [-0.15, -0.1) is 0 Å². The summed E-state index contributed by atoms with van der Waals surface area (Å²) in [5.74, 6) is 1.26. The van der Waals surface area contributed by atoms with Crippen LogP contribution in [0.4, 0.5) is 0 Å². The first-order valence-corrected chi connectivity index (χ1v) is 6.99. The largest absolute Gasteiger partial charge is 0.465 e. The van der Waals surface area contributed by atoms with Gasteiger partial charge >= 0.3 is 5.97 Å². The third-order valence-electron chi connectivity index (χ3n) is 3.76. The Morgan fingerprint density at radius 2 is 1.94 bits per heavy atom. The lowest BCUT2D eigenvalue weighted by Gasteiger charge is -2.39. The number of esters is 1. The molecule has 0 radical (unpaired) electrons. The number of nitrogens with zero attached hydrogens (tertiary/aromatic N) is 1. The van der Waals surface area contributed by atoms with Gasteiger partial charge < -0.3 is 15.0 Å². The number of carbonyl (C=O) groups is 1. The van der Waals surface area contributed by atoms with Crippen molar-refractivity contribution in [1.29, 1.82) is 0 Å². The number of likely N-dealkylation sites (N-methyl/N-ethyl adjacent to an activating group) is 1. The predicted molar refractivity (Wildman–Crippen MR) is 73.5 cm³/mol. The van der Waals surface area contributed by atoms with Gasteiger partial charge in [-0.05, 0) is 39.2 Å². The topological polar surface area (TPSA) is 41.6 Å². The van der Waals surface area contributed by atoms with Gasteiger partial charge in [0.1, 0.15) is 5.54 Å². The van der Waals surface area contributed by atoms with Crippen LogP contribution in [0.5, 0.6) is 0 Å². The molecule has 0 bridgehead atoms. The summed E-state index contributed by atoms with van der Waals surface area (Å²) in [6.07, 6.45) is 1.28. The summed E-state index contributed by atoms with van der Waals surface area (Å²) in [5, 5.41) is 3.12. The van der Waals surface area contributed by atoms with Crippen molar-refractivity contribution in [1.82, 2.24) is 10.2 Å². The van der Waals surface area contributed by atoms with E-state index in [1.54, 1.807) is 0 Å². The van der Waals surface area contributed by atoms with E-state index in [2.05, 4.69) is 24.1 Å². The summed E-state index contributed by atoms with van der Waals surface area (Å²) in [6, 6.07) is 0. The van der Waals surface area contributed by atoms with Gasteiger partial charge in [-0.25, -0.2) is 0 Å². The summed E-state index contributed by atoms with van der Waals surface area (Å²) in [7, 11) is 1.83. The highest BCUT2D eigenvalue weighted by Gasteiger charge is 2.36. The quantitative estimate of drug-likeness (QED) is 0.757. The van der Waals surface area contributed by atoms with Gasteiger partial charge in [0, 0.05) is 19.6 Å². The molecule has 0 aromatic carbocycles. The Hall–Kier alpha value is -0.610. The van der Waals surface area contributed by atoms with E-state index in [1.165, 1.54) is 6.42 Å². The maximum atomic E-state index is 12.0. The molecule has 1 rings (SSSR count). The first-order chi connectivity index (χ1) is 8.41. The van der Waals surface area contributed by atoms with Crippen LogP contribution in [-0.4, -0.2) is 49.7 Å². The lowest BCUT2D eigenvalue weighted by molar-refractivity contribution is -0.151. The Balaban J connectivity index is 2.64. The summed E-state index contributed by atoms with van der Waals surface area (Å²) in [5.41, 5.74) is -0.604. The SMILES string of the molecule is CCOC(=O)C(C)(CN1CC(C)CC(C)C1)NC. The van der Waals surface area contributed by atoms with Gasteiger partial charge in [0.25, 0.3) is 0 Å². The van der Waals surface area contributed by atoms with Crippen molar-refractivity contribution in [2.75, 3.05) is 33.3 Å². The summed E-state index contributed by atoms with van der Waals surface area (Å²) < 4.78 is 5.17. The van der Waals surface area contributed by atoms with Gasteiger partial charge in [-0.3, -0.25) is 4.79 Å². The number of nitrogens with one attached hydrogen (secondary N) is 1. The van der Waals surface area contributed by atoms with Crippen molar-refractivity contribution in [2.45, 2.75) is 39.7 Å². The zero-order valence-electron chi connectivity index (χ0n) is 12.5. The molecule has 4 heteroatoms. The highest BCUT2D eigenvalue weighted by molar-refractivity contribution is 5.80. The second-order valence-electron chi connectivity index (χ2n) is 5.94. The highest BCUT2D eigenvalue weighted by atomic mass is 16.5. The number of likely N-dealkylation sites (tertiary alicyclic amines) is 1. The molecule has 18 heavy (non-hydrogen) atoms. The molecule has 3 unspecified atom stereocenters. The number of hydrogen-bond acceptors (Lipinski definition) is 4. The first kappa shape index (κ1) is 15.4. The highest BCUT2D eigenvalue weighted by Crippen LogP contribution is 2.22. The fourth-order valence-electron chi connectivity index (χ4n) is 2.90. The molecular weight excluding hydrogens is 228 g/mol. The smallest absolute Gasteiger partial charge is 0.327 e. The summed E-state index contributed by atoms with van der Waals surface area (Å²) in [6.45, 7) is 11.6. The molecule has 0 aromatic heterocycles. The second kappa shape index (κ2) is 6.53. The van der Waals surface area contributed by atoms with Gasteiger partial charge in [0.2, 0.25) is 0 Å². The van der Waals surface area contributed by atoms with Crippen molar-refractivity contribution in [2.24, 2.45) is 11.8 Å². The van der Waals surface area contributed by atoms with E-state index in [0.717, 1.165) is 19.6 Å². The zero-order valence-corrected chi connectivity index (χ0v) is 12.5. The van der Waals surface area contributed by atoms with Crippen molar-refractivity contribution < 1.29 is 9.53 Å². The molecule has 0 saturated carbocycles. The molecule has 1 saturated heterocycles. The fraction of sp³-hybridized carbons (Fsp3) is 0.929. The lowest BCUT2D eigenvalue weighted by atomic mass is 9.90. The molecule has 106 valence electrons. The van der Waals surface area contributed by atoms with Crippen LogP contribution >= 0.6 is 0 Å². The van der Waals surface area contributed by atoms with Crippen LogP contribution in [0.3, 0.4) is 0 Å². The molecule has 3 atom stereocenters. The third kappa shape index (κ3) is 3.95. The van der Waals surface area contributed by atoms with Gasteiger partial charge in [-0.1, -0.05) is 13.8 Å². The molecule has 1 heterocycles. The number of hydrogen-bond donors (Lipinski definition) is 1. The monoisotopic (exact) mass is 256 g/mol. The van der Waals surface area contributed by atoms with Crippen LogP contribution in [0.1, 0.15) is 34.1 Å². The number of piperidine rings is 1. The minimum absolute atomic E-state index is 0.154. The van der Waals surface area contributed by atoms with E-state index in [0.29, 0.717) is 18.4 Å². The number of rotatable bonds is 5. The normalized spacial score (nSPS) is 28.7. The molecule has 1 N–H and O–H groups in total. The van der Waals surface area contributed by atoms with E-state index in [4.69, 9.17) is 4.74 Å². The van der Waals surface area contributed by atoms with E-state index < -0.39 is 5.54 Å². The van der Waals surface area contributed by atoms with Crippen LogP contribution in [0.15, 0.2) is 0 Å². The lowest BCUT2D eigenvalue weighted by Crippen LogP contribution is -2.58. The molecule has 0 aliphatic carbocycles. The van der Waals surface area contributed by atoms with E-state index in [9.17, 15) is 4.79 Å². The maximum absolute atomic E-state index is 12.0. The van der Waals surface area contributed by atoms with Crippen molar-refractivity contribution in [3.63, 3.8) is 0 Å². The number of carbonyl (C=O) groups excluding carboxylic acids is 1. The van der Waals surface area contributed by atoms with Crippen LogP contribution in [0.2, 0.25) is 0 Å². The molecule has 0 spiro atoms. The van der Waals surface area contributed by atoms with Crippen molar-refractivity contribution in [3.8, 4) is 0 Å². The molecule has 1 fully saturated rings. The molecule has 0 amide bonds. The average Bonchev–Trinajstić information content (AvgIpc) is 2.27. The van der Waals surface area contributed by atoms with Crippen molar-refractivity contribution in [3.05, 3.63) is 0 Å². The van der Waals surface area contributed by atoms with E-state index in [-0.39, 0.29) is 5.97 Å². The van der Waals surface area contributed by atoms with Gasteiger partial charge in [-0.2, -0.15) is 0 Å². The molecule has 1 aliphatic rings. The molecular formula is C14H28N2O2. The Kier molecular flexibility index (Phi) is 5.60.